The van der Waals surface area contributed by atoms with E-state index in [9.17, 15) is 0 Å². The smallest absolute Gasteiger partial charge is 0.130 e. The minimum atomic E-state index is -1.08. The van der Waals surface area contributed by atoms with Gasteiger partial charge in [-0.1, -0.05) is 5.11 Å². The average Bonchev–Trinajstić information content (AvgIpc) is 2.04. The summed E-state index contributed by atoms with van der Waals surface area (Å²) in [6.45, 7) is 0.609. The van der Waals surface area contributed by atoms with E-state index in [0.29, 0.717) is 11.4 Å². The maximum atomic E-state index is 8.10. The van der Waals surface area contributed by atoms with Crippen LogP contribution in [-0.4, -0.2) is 9.97 Å². The molecule has 62 valence electrons. The first kappa shape index (κ1) is 6.87. The van der Waals surface area contributed by atoms with Gasteiger partial charge in [-0.15, -0.1) is 0 Å². The van der Waals surface area contributed by atoms with E-state index in [-0.39, 0.29) is 5.82 Å². The van der Waals surface area contributed by atoms with Gasteiger partial charge in [-0.05, 0) is 12.5 Å². The molecule has 0 bridgehead atoms. The number of aryl methyl sites for hydroxylation is 1. The third-order valence-corrected chi connectivity index (χ3v) is 1.22. The molecule has 0 saturated heterocycles. The molecule has 0 aromatic carbocycles. The lowest BCUT2D eigenvalue weighted by molar-refractivity contribution is 0.970. The molecule has 0 fully saturated rings. The van der Waals surface area contributed by atoms with E-state index in [1.807, 2.05) is 0 Å². The van der Waals surface area contributed by atoms with Crippen molar-refractivity contribution >= 4 is 5.82 Å². The molecule has 1 aromatic rings. The Morgan fingerprint density at radius 2 is 2.67 bits per heavy atom. The van der Waals surface area contributed by atoms with Gasteiger partial charge in [0.2, 0.25) is 0 Å². The first-order valence-corrected chi connectivity index (χ1v) is 3.20. The molecule has 6 heteroatoms. The second-order valence-corrected chi connectivity index (χ2v) is 2.09. The van der Waals surface area contributed by atoms with Gasteiger partial charge in [0.1, 0.15) is 11.6 Å². The van der Waals surface area contributed by atoms with Gasteiger partial charge >= 0.3 is 0 Å². The third-order valence-electron chi connectivity index (χ3n) is 1.22. The van der Waals surface area contributed by atoms with Crippen LogP contribution in [-0.2, 0) is 6.52 Å². The van der Waals surface area contributed by atoms with Crippen molar-refractivity contribution in [3.8, 4) is 0 Å². The van der Waals surface area contributed by atoms with Gasteiger partial charge in [-0.2, -0.15) is 0 Å². The monoisotopic (exact) mass is 165 g/mol. The van der Waals surface area contributed by atoms with Crippen LogP contribution in [0.15, 0.2) is 11.3 Å². The summed E-state index contributed by atoms with van der Waals surface area (Å²) in [6, 6.07) is 0. The predicted molar refractivity (Wildman–Crippen MR) is 44.0 cm³/mol. The van der Waals surface area contributed by atoms with Crippen LogP contribution in [0.25, 0.3) is 10.4 Å². The van der Waals surface area contributed by atoms with Crippen LogP contribution in [0.1, 0.15) is 12.8 Å². The van der Waals surface area contributed by atoms with Crippen LogP contribution in [0.2, 0.25) is 0 Å². The summed E-state index contributed by atoms with van der Waals surface area (Å²) in [5, 5.41) is 3.17. The van der Waals surface area contributed by atoms with Gasteiger partial charge in [-0.25, -0.2) is 9.97 Å². The van der Waals surface area contributed by atoms with Crippen molar-refractivity contribution in [1.29, 1.82) is 0 Å². The lowest BCUT2D eigenvalue weighted by atomic mass is 10.3. The molecule has 0 spiro atoms. The molecule has 1 atom stereocenters. The summed E-state index contributed by atoms with van der Waals surface area (Å²) in [6.07, 6.45) is 1.39. The summed E-state index contributed by atoms with van der Waals surface area (Å²) in [4.78, 5) is 10.2. The van der Waals surface area contributed by atoms with Crippen molar-refractivity contribution in [2.45, 2.75) is 13.4 Å². The quantitative estimate of drug-likeness (QED) is 0.404. The van der Waals surface area contributed by atoms with Crippen molar-refractivity contribution < 1.29 is 1.37 Å². The Kier molecular flexibility index (Phi) is 2.03. The van der Waals surface area contributed by atoms with Crippen molar-refractivity contribution in [2.75, 3.05) is 5.73 Å². The zero-order valence-corrected chi connectivity index (χ0v) is 6.47. The lowest BCUT2D eigenvalue weighted by Gasteiger charge is -1.99. The molecule has 0 aliphatic carbocycles. The zero-order chi connectivity index (χ0) is 9.84. The van der Waals surface area contributed by atoms with Crippen molar-refractivity contribution in [1.82, 2.24) is 9.97 Å². The maximum Gasteiger partial charge on any atom is 0.130 e. The first-order chi connectivity index (χ1) is 6.15. The number of aromatic nitrogens is 2. The highest BCUT2D eigenvalue weighted by atomic mass is 15.1. The van der Waals surface area contributed by atoms with E-state index in [0.717, 1.165) is 0 Å². The summed E-state index contributed by atoms with van der Waals surface area (Å²) in [5.74, 6) is 0.703. The molecule has 0 amide bonds. The van der Waals surface area contributed by atoms with Gasteiger partial charge in [0.15, 0.2) is 0 Å². The predicted octanol–water partition coefficient (Wildman–Crippen LogP) is 1.18. The van der Waals surface area contributed by atoms with Crippen LogP contribution in [0.5, 0.6) is 0 Å². The Hall–Kier alpha value is -1.81. The maximum absolute atomic E-state index is 8.10. The average molecular weight is 165 g/mol. The molecule has 0 saturated carbocycles. The molecule has 1 heterocycles. The molecule has 2 N–H and O–H groups in total. The molecule has 1 rings (SSSR count). The highest BCUT2D eigenvalue weighted by molar-refractivity contribution is 5.37. The fourth-order valence-corrected chi connectivity index (χ4v) is 0.684. The zero-order valence-electron chi connectivity index (χ0n) is 7.47. The largest absolute Gasteiger partial charge is 0.383 e. The molecule has 0 aliphatic heterocycles. The minimum Gasteiger partial charge on any atom is -0.383 e. The van der Waals surface area contributed by atoms with E-state index in [4.69, 9.17) is 12.6 Å². The number of anilines is 1. The lowest BCUT2D eigenvalue weighted by Crippen LogP contribution is -2.00. The fourth-order valence-electron chi connectivity index (χ4n) is 0.684. The minimum absolute atomic E-state index is 0.180. The molecule has 0 aliphatic rings. The Labute approximate surface area is 70.5 Å². The van der Waals surface area contributed by atoms with Gasteiger partial charge < -0.3 is 5.73 Å². The first-order valence-electron chi connectivity index (χ1n) is 3.78. The standard InChI is InChI=1S/C6H8N6/c1-4-9-2-5(3-10-12-8)6(7)11-4/h2H,3H2,1H3,(H2,7,9,11)/i3D. The SMILES string of the molecule is [2H]C(N=[N+]=[N-])c1cnc(C)nc1N. The number of nitrogens with zero attached hydrogens (tertiary/aromatic N) is 5. The van der Waals surface area contributed by atoms with Gasteiger partial charge in [-0.3, -0.25) is 0 Å². The van der Waals surface area contributed by atoms with E-state index in [1.54, 1.807) is 6.92 Å². The highest BCUT2D eigenvalue weighted by Gasteiger charge is 1.99. The Morgan fingerprint density at radius 1 is 1.92 bits per heavy atom. The molecule has 1 unspecified atom stereocenters. The van der Waals surface area contributed by atoms with Gasteiger partial charge in [0, 0.05) is 18.0 Å². The number of hydrogen-bond acceptors (Lipinski definition) is 4. The van der Waals surface area contributed by atoms with Crippen molar-refractivity contribution in [2.24, 2.45) is 5.11 Å². The Balaban J connectivity index is 3.08. The van der Waals surface area contributed by atoms with Crippen LogP contribution in [0.4, 0.5) is 5.82 Å². The normalized spacial score (nSPS) is 12.9. The van der Waals surface area contributed by atoms with Crippen molar-refractivity contribution in [3.05, 3.63) is 28.0 Å². The number of rotatable bonds is 2. The van der Waals surface area contributed by atoms with E-state index in [1.165, 1.54) is 6.20 Å². The number of nitrogen functional groups attached to an aromatic ring is 1. The van der Waals surface area contributed by atoms with Crippen molar-refractivity contribution in [3.63, 3.8) is 0 Å². The Morgan fingerprint density at radius 3 is 3.25 bits per heavy atom. The molecule has 6 nitrogen and oxygen atoms in total. The van der Waals surface area contributed by atoms with Gasteiger partial charge in [0.05, 0.1) is 6.52 Å². The fraction of sp³-hybridized carbons (Fsp3) is 0.333. The number of nitrogens with two attached hydrogens (primary N) is 1. The van der Waals surface area contributed by atoms with Crippen LogP contribution < -0.4 is 5.73 Å². The molecule has 0 radical (unpaired) electrons. The highest BCUT2D eigenvalue weighted by Crippen LogP contribution is 2.07. The van der Waals surface area contributed by atoms with Crippen LogP contribution >= 0.6 is 0 Å². The molecule has 12 heavy (non-hydrogen) atoms. The van der Waals surface area contributed by atoms with E-state index < -0.39 is 6.52 Å². The Bertz CT molecular complexity index is 358. The van der Waals surface area contributed by atoms with E-state index in [2.05, 4.69) is 20.0 Å². The molecular formula is C6H8N6. The second kappa shape index (κ2) is 3.54. The molecular weight excluding hydrogens is 156 g/mol. The molecule has 1 aromatic heterocycles. The second-order valence-electron chi connectivity index (χ2n) is 2.09. The van der Waals surface area contributed by atoms with Gasteiger partial charge in [0.25, 0.3) is 0 Å². The van der Waals surface area contributed by atoms with E-state index >= 15 is 0 Å². The number of hydrogen-bond donors (Lipinski definition) is 1. The summed E-state index contributed by atoms with van der Waals surface area (Å²) in [7, 11) is 0. The summed E-state index contributed by atoms with van der Waals surface area (Å²) < 4.78 is 7.34. The summed E-state index contributed by atoms with van der Waals surface area (Å²) in [5.41, 5.74) is 13.9. The van der Waals surface area contributed by atoms with Crippen LogP contribution in [0.3, 0.4) is 0 Å². The van der Waals surface area contributed by atoms with Crippen LogP contribution in [0, 0.1) is 6.92 Å². The number of azide groups is 1. The third kappa shape index (κ3) is 1.83. The summed E-state index contributed by atoms with van der Waals surface area (Å²) >= 11 is 0. The topological polar surface area (TPSA) is 101 Å².